The molecule has 0 unspecified atom stereocenters. The summed E-state index contributed by atoms with van der Waals surface area (Å²) in [5.41, 5.74) is 0. The molecule has 0 amide bonds. The highest BCUT2D eigenvalue weighted by molar-refractivity contribution is 4.30. The number of hydrogen-bond acceptors (Lipinski definition) is 1. The third-order valence-corrected chi connectivity index (χ3v) is 0.744. The number of alkyl halides is 1. The van der Waals surface area contributed by atoms with E-state index in [2.05, 4.69) is 0 Å². The van der Waals surface area contributed by atoms with E-state index in [4.69, 9.17) is 0 Å². The molecule has 0 heterocycles. The lowest BCUT2D eigenvalue weighted by molar-refractivity contribution is 0.235. The van der Waals surface area contributed by atoms with Crippen LogP contribution >= 0.6 is 0 Å². The highest BCUT2D eigenvalue weighted by Gasteiger charge is 1.84. The van der Waals surface area contributed by atoms with Gasteiger partial charge in [0.2, 0.25) is 0 Å². The van der Waals surface area contributed by atoms with Gasteiger partial charge < -0.3 is 0 Å². The molecule has 0 aliphatic rings. The van der Waals surface area contributed by atoms with Crippen LogP contribution in [0.4, 0.5) is 4.39 Å². The fourth-order valence-electron chi connectivity index (χ4n) is 0.0845. The second-order valence-corrected chi connectivity index (χ2v) is 1.29. The third-order valence-electron chi connectivity index (χ3n) is 0.744. The Morgan fingerprint density at radius 1 is 1.67 bits per heavy atom. The van der Waals surface area contributed by atoms with Gasteiger partial charge in [0.15, 0.2) is 0 Å². The summed E-state index contributed by atoms with van der Waals surface area (Å²) in [7, 11) is 1.74. The molecule has 0 bridgehead atoms. The van der Waals surface area contributed by atoms with E-state index in [1.165, 1.54) is 0 Å². The minimum Gasteiger partial charge on any atom is -0.280 e. The van der Waals surface area contributed by atoms with Gasteiger partial charge in [0.1, 0.15) is 6.80 Å². The Morgan fingerprint density at radius 2 is 2.17 bits per heavy atom. The topological polar surface area (TPSA) is 3.24 Å². The van der Waals surface area contributed by atoms with Gasteiger partial charge >= 0.3 is 0 Å². The van der Waals surface area contributed by atoms with E-state index in [9.17, 15) is 4.39 Å². The molecule has 38 valence electrons. The van der Waals surface area contributed by atoms with E-state index in [0.29, 0.717) is 0 Å². The molecule has 6 heavy (non-hydrogen) atoms. The summed E-state index contributed by atoms with van der Waals surface area (Å²) in [6.07, 6.45) is 0. The molecule has 0 aliphatic heterocycles. The number of rotatable bonds is 2. The number of halogens is 1. The van der Waals surface area contributed by atoms with Crippen molar-refractivity contribution in [3.05, 3.63) is 0 Å². The van der Waals surface area contributed by atoms with Gasteiger partial charge in [0.25, 0.3) is 0 Å². The molecule has 0 rings (SSSR count). The van der Waals surface area contributed by atoms with Crippen molar-refractivity contribution in [2.75, 3.05) is 20.4 Å². The molecular weight excluding hydrogens is 81.0 g/mol. The Balaban J connectivity index is 2.75. The summed E-state index contributed by atoms with van der Waals surface area (Å²) >= 11 is 0. The molecule has 0 fully saturated rings. The van der Waals surface area contributed by atoms with E-state index < -0.39 is 0 Å². The molecule has 0 atom stereocenters. The predicted octanol–water partition coefficient (Wildman–Crippen LogP) is 0.865. The average Bonchev–Trinajstić information content (AvgIpc) is 1.65. The van der Waals surface area contributed by atoms with Crippen LogP contribution in [0.1, 0.15) is 6.92 Å². The first-order chi connectivity index (χ1) is 2.81. The van der Waals surface area contributed by atoms with Crippen LogP contribution in [0.3, 0.4) is 0 Å². The molecular formula is C4H10FN. The molecule has 0 N–H and O–H groups in total. The van der Waals surface area contributed by atoms with E-state index in [1.807, 2.05) is 6.92 Å². The van der Waals surface area contributed by atoms with Gasteiger partial charge in [-0.25, -0.2) is 4.39 Å². The SMILES string of the molecule is CCN(C)CF. The summed E-state index contributed by atoms with van der Waals surface area (Å²) in [5.74, 6) is 0. The first kappa shape index (κ1) is 5.89. The van der Waals surface area contributed by atoms with Crippen molar-refractivity contribution in [1.82, 2.24) is 4.90 Å². The van der Waals surface area contributed by atoms with Gasteiger partial charge in [-0.3, -0.25) is 4.90 Å². The molecule has 0 aromatic rings. The molecule has 0 aromatic carbocycles. The molecule has 0 spiro atoms. The Morgan fingerprint density at radius 3 is 2.17 bits per heavy atom. The zero-order chi connectivity index (χ0) is 4.99. The highest BCUT2D eigenvalue weighted by atomic mass is 19.1. The maximum absolute atomic E-state index is 11.3. The van der Waals surface area contributed by atoms with Crippen molar-refractivity contribution in [2.24, 2.45) is 0 Å². The number of hydrogen-bond donors (Lipinski definition) is 0. The van der Waals surface area contributed by atoms with Crippen LogP contribution in [-0.4, -0.2) is 25.3 Å². The van der Waals surface area contributed by atoms with E-state index in [1.54, 1.807) is 11.9 Å². The molecule has 0 saturated carbocycles. The first-order valence-electron chi connectivity index (χ1n) is 2.05. The van der Waals surface area contributed by atoms with Crippen LogP contribution in [-0.2, 0) is 0 Å². The lowest BCUT2D eigenvalue weighted by Crippen LogP contribution is -2.14. The van der Waals surface area contributed by atoms with Gasteiger partial charge in [-0.15, -0.1) is 0 Å². The zero-order valence-electron chi connectivity index (χ0n) is 4.24. The summed E-state index contributed by atoms with van der Waals surface area (Å²) in [6, 6.07) is 0. The molecule has 1 nitrogen and oxygen atoms in total. The molecule has 0 radical (unpaired) electrons. The second-order valence-electron chi connectivity index (χ2n) is 1.29. The smallest absolute Gasteiger partial charge is 0.142 e. The van der Waals surface area contributed by atoms with Crippen molar-refractivity contribution in [2.45, 2.75) is 6.92 Å². The molecule has 2 heteroatoms. The second kappa shape index (κ2) is 3.09. The zero-order valence-corrected chi connectivity index (χ0v) is 4.24. The summed E-state index contributed by atoms with van der Waals surface area (Å²) < 4.78 is 11.3. The standard InChI is InChI=1S/C4H10FN/c1-3-6(2)4-5/h3-4H2,1-2H3. The van der Waals surface area contributed by atoms with Crippen molar-refractivity contribution in [3.8, 4) is 0 Å². The molecule has 0 saturated heterocycles. The van der Waals surface area contributed by atoms with Crippen LogP contribution in [0.5, 0.6) is 0 Å². The van der Waals surface area contributed by atoms with Gasteiger partial charge in [-0.2, -0.15) is 0 Å². The fraction of sp³-hybridized carbons (Fsp3) is 1.00. The lowest BCUT2D eigenvalue weighted by atomic mass is 10.7. The predicted molar refractivity (Wildman–Crippen MR) is 24.3 cm³/mol. The van der Waals surface area contributed by atoms with Gasteiger partial charge in [0, 0.05) is 0 Å². The number of nitrogens with zero attached hydrogens (tertiary/aromatic N) is 1. The van der Waals surface area contributed by atoms with Crippen LogP contribution in [0.25, 0.3) is 0 Å². The van der Waals surface area contributed by atoms with Crippen LogP contribution in [0, 0.1) is 0 Å². The Hall–Kier alpha value is -0.110. The highest BCUT2D eigenvalue weighted by Crippen LogP contribution is 1.76. The molecule has 0 aromatic heterocycles. The Kier molecular flexibility index (Phi) is 3.04. The third kappa shape index (κ3) is 2.15. The normalized spacial score (nSPS) is 10.0. The maximum Gasteiger partial charge on any atom is 0.142 e. The fourth-order valence-corrected chi connectivity index (χ4v) is 0.0845. The monoisotopic (exact) mass is 91.1 g/mol. The minimum absolute atomic E-state index is 0.337. The summed E-state index contributed by atoms with van der Waals surface area (Å²) in [5, 5.41) is 0. The van der Waals surface area contributed by atoms with Gasteiger partial charge in [0.05, 0.1) is 0 Å². The Labute approximate surface area is 37.8 Å². The van der Waals surface area contributed by atoms with Crippen molar-refractivity contribution >= 4 is 0 Å². The maximum atomic E-state index is 11.3. The first-order valence-corrected chi connectivity index (χ1v) is 2.05. The van der Waals surface area contributed by atoms with Crippen LogP contribution in [0.15, 0.2) is 0 Å². The van der Waals surface area contributed by atoms with E-state index >= 15 is 0 Å². The van der Waals surface area contributed by atoms with Crippen molar-refractivity contribution in [3.63, 3.8) is 0 Å². The quantitative estimate of drug-likeness (QED) is 0.456. The summed E-state index contributed by atoms with van der Waals surface area (Å²) in [6.45, 7) is 2.37. The average molecular weight is 91.1 g/mol. The molecule has 0 aliphatic carbocycles. The minimum atomic E-state index is -0.337. The van der Waals surface area contributed by atoms with Gasteiger partial charge in [-0.05, 0) is 13.6 Å². The Bertz CT molecular complexity index is 26.7. The van der Waals surface area contributed by atoms with E-state index in [0.717, 1.165) is 6.54 Å². The van der Waals surface area contributed by atoms with Gasteiger partial charge in [-0.1, -0.05) is 6.92 Å². The van der Waals surface area contributed by atoms with Crippen molar-refractivity contribution < 1.29 is 4.39 Å². The van der Waals surface area contributed by atoms with E-state index in [-0.39, 0.29) is 6.80 Å². The van der Waals surface area contributed by atoms with Crippen molar-refractivity contribution in [1.29, 1.82) is 0 Å². The lowest BCUT2D eigenvalue weighted by Gasteiger charge is -2.04. The van der Waals surface area contributed by atoms with Crippen LogP contribution < -0.4 is 0 Å². The largest absolute Gasteiger partial charge is 0.280 e. The summed E-state index contributed by atoms with van der Waals surface area (Å²) in [4.78, 5) is 1.58. The van der Waals surface area contributed by atoms with Crippen LogP contribution in [0.2, 0.25) is 0 Å².